The molecule has 0 unspecified atom stereocenters. The van der Waals surface area contributed by atoms with Gasteiger partial charge in [0.1, 0.15) is 0 Å². The average Bonchev–Trinajstić information content (AvgIpc) is 2.91. The van der Waals surface area contributed by atoms with Crippen molar-refractivity contribution in [1.82, 2.24) is 20.2 Å². The van der Waals surface area contributed by atoms with Gasteiger partial charge in [-0.25, -0.2) is 0 Å². The van der Waals surface area contributed by atoms with Gasteiger partial charge in [0.15, 0.2) is 5.82 Å². The van der Waals surface area contributed by atoms with Gasteiger partial charge < -0.3 is 5.73 Å². The molecule has 0 radical (unpaired) electrons. The maximum absolute atomic E-state index is 6.15. The summed E-state index contributed by atoms with van der Waals surface area (Å²) in [7, 11) is 0. The fraction of sp³-hybridized carbons (Fsp3) is 0.0714. The fourth-order valence-corrected chi connectivity index (χ4v) is 2.21. The summed E-state index contributed by atoms with van der Waals surface area (Å²) < 4.78 is 1.65. The Bertz CT molecular complexity index is 766. The van der Waals surface area contributed by atoms with Crippen molar-refractivity contribution in [3.8, 4) is 17.1 Å². The van der Waals surface area contributed by atoms with Gasteiger partial charge in [-0.05, 0) is 47.2 Å². The van der Waals surface area contributed by atoms with Crippen LogP contribution in [0, 0.1) is 6.92 Å². The summed E-state index contributed by atoms with van der Waals surface area (Å²) in [5.41, 5.74) is 9.16. The molecule has 3 rings (SSSR count). The molecule has 0 spiro atoms. The third-order valence-corrected chi connectivity index (χ3v) is 3.55. The maximum Gasteiger partial charge on any atom is 0.189 e. The van der Waals surface area contributed by atoms with Crippen LogP contribution in [0.5, 0.6) is 0 Å². The topological polar surface area (TPSA) is 69.6 Å². The van der Waals surface area contributed by atoms with E-state index in [2.05, 4.69) is 15.5 Å². The Hall–Kier alpha value is -2.40. The van der Waals surface area contributed by atoms with Crippen molar-refractivity contribution in [3.63, 3.8) is 0 Å². The number of nitrogens with zero attached hydrogens (tertiary/aromatic N) is 4. The number of aromatic nitrogens is 4. The smallest absolute Gasteiger partial charge is 0.189 e. The molecule has 0 aliphatic heterocycles. The van der Waals surface area contributed by atoms with E-state index in [1.165, 1.54) is 0 Å². The molecule has 1 aromatic heterocycles. The van der Waals surface area contributed by atoms with Crippen LogP contribution in [-0.4, -0.2) is 20.2 Å². The summed E-state index contributed by atoms with van der Waals surface area (Å²) in [4.78, 5) is 0. The molecule has 0 saturated carbocycles. The highest BCUT2D eigenvalue weighted by Crippen LogP contribution is 2.28. The van der Waals surface area contributed by atoms with Gasteiger partial charge in [-0.15, -0.1) is 5.10 Å². The molecule has 0 amide bonds. The Kier molecular flexibility index (Phi) is 3.12. The molecule has 5 nitrogen and oxygen atoms in total. The fourth-order valence-electron chi connectivity index (χ4n) is 2.04. The van der Waals surface area contributed by atoms with E-state index in [1.54, 1.807) is 4.68 Å². The number of rotatable bonds is 2. The van der Waals surface area contributed by atoms with Gasteiger partial charge in [0.2, 0.25) is 0 Å². The third kappa shape index (κ3) is 2.02. The lowest BCUT2D eigenvalue weighted by molar-refractivity contribution is 0.787. The normalized spacial score (nSPS) is 10.7. The Balaban J connectivity index is 2.21. The number of hydrogen-bond donors (Lipinski definition) is 1. The highest BCUT2D eigenvalue weighted by Gasteiger charge is 2.15. The molecule has 0 atom stereocenters. The van der Waals surface area contributed by atoms with Crippen LogP contribution in [-0.2, 0) is 0 Å². The first-order valence-corrected chi connectivity index (χ1v) is 6.45. The molecule has 0 bridgehead atoms. The minimum Gasteiger partial charge on any atom is -0.398 e. The summed E-state index contributed by atoms with van der Waals surface area (Å²) in [5, 5.41) is 12.5. The molecule has 100 valence electrons. The Morgan fingerprint density at radius 1 is 1.10 bits per heavy atom. The molecule has 0 aliphatic rings. The summed E-state index contributed by atoms with van der Waals surface area (Å²) in [6.07, 6.45) is 0. The molecule has 3 aromatic rings. The molecule has 0 fully saturated rings. The second-order valence-electron chi connectivity index (χ2n) is 4.39. The van der Waals surface area contributed by atoms with Crippen molar-refractivity contribution in [1.29, 1.82) is 0 Å². The lowest BCUT2D eigenvalue weighted by Crippen LogP contribution is -2.03. The van der Waals surface area contributed by atoms with Gasteiger partial charge in [0.05, 0.1) is 5.69 Å². The van der Waals surface area contributed by atoms with Crippen LogP contribution < -0.4 is 5.73 Å². The van der Waals surface area contributed by atoms with E-state index in [-0.39, 0.29) is 0 Å². The van der Waals surface area contributed by atoms with Gasteiger partial charge in [-0.3, -0.25) is 0 Å². The van der Waals surface area contributed by atoms with E-state index in [1.807, 2.05) is 49.4 Å². The minimum atomic E-state index is 0.591. The standard InChI is InChI=1S/C14H12ClN5/c1-9-11(15)6-4-8-13(9)20-14(17-18-19-20)10-5-2-3-7-12(10)16/h2-8H,16H2,1H3. The van der Waals surface area contributed by atoms with E-state index in [9.17, 15) is 0 Å². The number of para-hydroxylation sites is 1. The highest BCUT2D eigenvalue weighted by molar-refractivity contribution is 6.31. The zero-order chi connectivity index (χ0) is 14.1. The van der Waals surface area contributed by atoms with E-state index in [0.29, 0.717) is 16.5 Å². The lowest BCUT2D eigenvalue weighted by Gasteiger charge is -2.10. The van der Waals surface area contributed by atoms with Crippen molar-refractivity contribution in [2.24, 2.45) is 0 Å². The third-order valence-electron chi connectivity index (χ3n) is 3.14. The largest absolute Gasteiger partial charge is 0.398 e. The van der Waals surface area contributed by atoms with Crippen molar-refractivity contribution in [2.75, 3.05) is 5.73 Å². The van der Waals surface area contributed by atoms with Crippen LogP contribution in [0.25, 0.3) is 17.1 Å². The molecule has 0 saturated heterocycles. The number of hydrogen-bond acceptors (Lipinski definition) is 4. The van der Waals surface area contributed by atoms with Gasteiger partial charge >= 0.3 is 0 Å². The van der Waals surface area contributed by atoms with Gasteiger partial charge in [-0.1, -0.05) is 29.8 Å². The van der Waals surface area contributed by atoms with Crippen molar-refractivity contribution in [3.05, 3.63) is 53.1 Å². The molecular weight excluding hydrogens is 274 g/mol. The summed E-state index contributed by atoms with van der Waals surface area (Å²) in [6, 6.07) is 13.1. The van der Waals surface area contributed by atoms with Crippen LogP contribution in [0.3, 0.4) is 0 Å². The molecule has 0 aliphatic carbocycles. The molecule has 20 heavy (non-hydrogen) atoms. The zero-order valence-electron chi connectivity index (χ0n) is 10.8. The van der Waals surface area contributed by atoms with Crippen LogP contribution in [0.4, 0.5) is 5.69 Å². The molecule has 2 aromatic carbocycles. The lowest BCUT2D eigenvalue weighted by atomic mass is 10.1. The molecule has 1 heterocycles. The number of nitrogens with two attached hydrogens (primary N) is 1. The maximum atomic E-state index is 6.15. The average molecular weight is 286 g/mol. The molecular formula is C14H12ClN5. The molecule has 6 heteroatoms. The number of halogens is 1. The first-order chi connectivity index (χ1) is 9.68. The van der Waals surface area contributed by atoms with E-state index < -0.39 is 0 Å². The summed E-state index contributed by atoms with van der Waals surface area (Å²) >= 11 is 6.15. The number of anilines is 1. The monoisotopic (exact) mass is 285 g/mol. The van der Waals surface area contributed by atoms with Crippen LogP contribution in [0.2, 0.25) is 5.02 Å². The van der Waals surface area contributed by atoms with Crippen molar-refractivity contribution < 1.29 is 0 Å². The number of nitrogen functional groups attached to an aromatic ring is 1. The Labute approximate surface area is 121 Å². The SMILES string of the molecule is Cc1c(Cl)cccc1-n1nnnc1-c1ccccc1N. The van der Waals surface area contributed by atoms with Crippen LogP contribution in [0.15, 0.2) is 42.5 Å². The van der Waals surface area contributed by atoms with E-state index in [4.69, 9.17) is 17.3 Å². The van der Waals surface area contributed by atoms with Gasteiger partial charge in [-0.2, -0.15) is 4.68 Å². The second-order valence-corrected chi connectivity index (χ2v) is 4.79. The quantitative estimate of drug-likeness (QED) is 0.735. The highest BCUT2D eigenvalue weighted by atomic mass is 35.5. The van der Waals surface area contributed by atoms with Crippen LogP contribution in [0.1, 0.15) is 5.56 Å². The van der Waals surface area contributed by atoms with E-state index in [0.717, 1.165) is 16.8 Å². The van der Waals surface area contributed by atoms with Crippen molar-refractivity contribution >= 4 is 17.3 Å². The first-order valence-electron chi connectivity index (χ1n) is 6.07. The first kappa shape index (κ1) is 12.6. The minimum absolute atomic E-state index is 0.591. The summed E-state index contributed by atoms with van der Waals surface area (Å²) in [6.45, 7) is 1.93. The molecule has 2 N–H and O–H groups in total. The number of benzene rings is 2. The van der Waals surface area contributed by atoms with E-state index >= 15 is 0 Å². The van der Waals surface area contributed by atoms with Gasteiger partial charge in [0, 0.05) is 16.3 Å². The Morgan fingerprint density at radius 2 is 1.90 bits per heavy atom. The van der Waals surface area contributed by atoms with Crippen LogP contribution >= 0.6 is 11.6 Å². The second kappa shape index (κ2) is 4.94. The predicted molar refractivity (Wildman–Crippen MR) is 78.7 cm³/mol. The summed E-state index contributed by atoms with van der Waals surface area (Å²) in [5.74, 6) is 0.591. The predicted octanol–water partition coefficient (Wildman–Crippen LogP) is 2.87. The van der Waals surface area contributed by atoms with Gasteiger partial charge in [0.25, 0.3) is 0 Å². The Morgan fingerprint density at radius 3 is 2.70 bits per heavy atom. The van der Waals surface area contributed by atoms with Crippen molar-refractivity contribution in [2.45, 2.75) is 6.92 Å². The zero-order valence-corrected chi connectivity index (χ0v) is 11.5. The number of tetrazole rings is 1.